The summed E-state index contributed by atoms with van der Waals surface area (Å²) in [6.07, 6.45) is 0. The van der Waals surface area contributed by atoms with Crippen LogP contribution in [0.25, 0.3) is 0 Å². The molecular formula is C6H5NO4S. The predicted molar refractivity (Wildman–Crippen MR) is 41.8 cm³/mol. The molecular weight excluding hydrogens is 182 g/mol. The average molecular weight is 187 g/mol. The second kappa shape index (κ2) is 3.82. The fourth-order valence-electron chi connectivity index (χ4n) is 0.658. The van der Waals surface area contributed by atoms with Crippen molar-refractivity contribution in [2.24, 2.45) is 0 Å². The van der Waals surface area contributed by atoms with Gasteiger partial charge in [0.15, 0.2) is 0 Å². The molecule has 0 radical (unpaired) electrons. The SMILES string of the molecule is O=COCc1ccc([N+](=O)[O-])s1. The van der Waals surface area contributed by atoms with Gasteiger partial charge in [-0.3, -0.25) is 14.9 Å². The largest absolute Gasteiger partial charge is 0.462 e. The van der Waals surface area contributed by atoms with E-state index in [-0.39, 0.29) is 11.6 Å². The number of rotatable bonds is 4. The van der Waals surface area contributed by atoms with E-state index in [1.807, 2.05) is 0 Å². The van der Waals surface area contributed by atoms with Crippen LogP contribution in [0.1, 0.15) is 4.88 Å². The predicted octanol–water partition coefficient (Wildman–Crippen LogP) is 1.33. The van der Waals surface area contributed by atoms with Crippen LogP contribution in [-0.2, 0) is 16.1 Å². The molecule has 0 amide bonds. The Kier molecular flexibility index (Phi) is 2.76. The fourth-order valence-corrected chi connectivity index (χ4v) is 1.40. The molecule has 0 spiro atoms. The summed E-state index contributed by atoms with van der Waals surface area (Å²) in [5.74, 6) is 0. The molecule has 5 nitrogen and oxygen atoms in total. The lowest BCUT2D eigenvalue weighted by molar-refractivity contribution is -0.380. The first-order chi connectivity index (χ1) is 5.74. The Labute approximate surface area is 71.7 Å². The van der Waals surface area contributed by atoms with Gasteiger partial charge >= 0.3 is 5.00 Å². The number of carbonyl (C=O) groups excluding carboxylic acids is 1. The molecule has 0 saturated carbocycles. The van der Waals surface area contributed by atoms with E-state index in [1.54, 1.807) is 6.07 Å². The second-order valence-corrected chi connectivity index (χ2v) is 3.05. The number of hydrogen-bond acceptors (Lipinski definition) is 5. The third-order valence-corrected chi connectivity index (χ3v) is 2.13. The Hall–Kier alpha value is -1.43. The minimum Gasteiger partial charge on any atom is -0.462 e. The molecule has 12 heavy (non-hydrogen) atoms. The van der Waals surface area contributed by atoms with Crippen LogP contribution in [0, 0.1) is 10.1 Å². The molecule has 6 heteroatoms. The summed E-state index contributed by atoms with van der Waals surface area (Å²) in [6, 6.07) is 2.94. The zero-order valence-electron chi connectivity index (χ0n) is 5.93. The van der Waals surface area contributed by atoms with E-state index >= 15 is 0 Å². The molecule has 0 aliphatic rings. The molecule has 0 bridgehead atoms. The lowest BCUT2D eigenvalue weighted by atomic mass is 10.5. The van der Waals surface area contributed by atoms with Gasteiger partial charge in [0.05, 0.1) is 4.92 Å². The van der Waals surface area contributed by atoms with Crippen molar-refractivity contribution in [2.75, 3.05) is 0 Å². The van der Waals surface area contributed by atoms with E-state index in [1.165, 1.54) is 6.07 Å². The van der Waals surface area contributed by atoms with Gasteiger partial charge in [-0.15, -0.1) is 0 Å². The smallest absolute Gasteiger partial charge is 0.324 e. The molecule has 0 aromatic carbocycles. The highest BCUT2D eigenvalue weighted by molar-refractivity contribution is 7.15. The van der Waals surface area contributed by atoms with Crippen molar-refractivity contribution in [1.82, 2.24) is 0 Å². The summed E-state index contributed by atoms with van der Waals surface area (Å²) >= 11 is 0.998. The molecule has 0 unspecified atom stereocenters. The molecule has 1 rings (SSSR count). The summed E-state index contributed by atoms with van der Waals surface area (Å²) in [6.45, 7) is 0.410. The summed E-state index contributed by atoms with van der Waals surface area (Å²) in [5.41, 5.74) is 0. The number of carbonyl (C=O) groups is 1. The van der Waals surface area contributed by atoms with Crippen molar-refractivity contribution < 1.29 is 14.5 Å². The molecule has 1 aromatic heterocycles. The van der Waals surface area contributed by atoms with Crippen molar-refractivity contribution in [2.45, 2.75) is 6.61 Å². The molecule has 64 valence electrons. The zero-order chi connectivity index (χ0) is 8.97. The van der Waals surface area contributed by atoms with Crippen LogP contribution in [0.15, 0.2) is 12.1 Å². The molecule has 0 aliphatic heterocycles. The maximum atomic E-state index is 10.2. The van der Waals surface area contributed by atoms with E-state index < -0.39 is 4.92 Å². The van der Waals surface area contributed by atoms with Crippen molar-refractivity contribution in [3.8, 4) is 0 Å². The lowest BCUT2D eigenvalue weighted by Gasteiger charge is -1.90. The van der Waals surface area contributed by atoms with Gasteiger partial charge in [-0.1, -0.05) is 11.3 Å². The van der Waals surface area contributed by atoms with Crippen molar-refractivity contribution >= 4 is 22.8 Å². The fraction of sp³-hybridized carbons (Fsp3) is 0.167. The molecule has 1 aromatic rings. The van der Waals surface area contributed by atoms with Gasteiger partial charge < -0.3 is 4.74 Å². The first-order valence-electron chi connectivity index (χ1n) is 3.02. The summed E-state index contributed by atoms with van der Waals surface area (Å²) in [5, 5.41) is 10.2. The third kappa shape index (κ3) is 2.03. The molecule has 1 heterocycles. The van der Waals surface area contributed by atoms with E-state index in [0.717, 1.165) is 11.3 Å². The average Bonchev–Trinajstić information content (AvgIpc) is 2.48. The van der Waals surface area contributed by atoms with Gasteiger partial charge in [0.2, 0.25) is 0 Å². The third-order valence-electron chi connectivity index (χ3n) is 1.12. The van der Waals surface area contributed by atoms with Crippen LogP contribution in [0.3, 0.4) is 0 Å². The number of nitrogens with zero attached hydrogens (tertiary/aromatic N) is 1. The zero-order valence-corrected chi connectivity index (χ0v) is 6.74. The van der Waals surface area contributed by atoms with Gasteiger partial charge in [-0.05, 0) is 6.07 Å². The van der Waals surface area contributed by atoms with E-state index in [2.05, 4.69) is 4.74 Å². The van der Waals surface area contributed by atoms with Gasteiger partial charge in [0.1, 0.15) is 6.61 Å². The number of thiophene rings is 1. The van der Waals surface area contributed by atoms with Crippen molar-refractivity contribution in [3.05, 3.63) is 27.1 Å². The standard InChI is InChI=1S/C6H5NO4S/c8-4-11-3-5-1-2-6(12-5)7(9)10/h1-2,4H,3H2. The van der Waals surface area contributed by atoms with Crippen LogP contribution < -0.4 is 0 Å². The molecule has 0 fully saturated rings. The normalized spacial score (nSPS) is 9.33. The van der Waals surface area contributed by atoms with Crippen LogP contribution in [0.5, 0.6) is 0 Å². The minimum absolute atomic E-state index is 0.0551. The first-order valence-corrected chi connectivity index (χ1v) is 3.84. The second-order valence-electron chi connectivity index (χ2n) is 1.90. The monoisotopic (exact) mass is 187 g/mol. The van der Waals surface area contributed by atoms with Gasteiger partial charge in [-0.2, -0.15) is 0 Å². The van der Waals surface area contributed by atoms with E-state index in [9.17, 15) is 14.9 Å². The minimum atomic E-state index is -0.477. The summed E-state index contributed by atoms with van der Waals surface area (Å²) in [4.78, 5) is 20.1. The highest BCUT2D eigenvalue weighted by Gasteiger charge is 2.08. The molecule has 0 atom stereocenters. The lowest BCUT2D eigenvalue weighted by Crippen LogP contribution is -1.85. The first kappa shape index (κ1) is 8.66. The highest BCUT2D eigenvalue weighted by atomic mass is 32.1. The highest BCUT2D eigenvalue weighted by Crippen LogP contribution is 2.23. The van der Waals surface area contributed by atoms with Gasteiger partial charge in [0, 0.05) is 10.9 Å². The Balaban J connectivity index is 2.64. The summed E-state index contributed by atoms with van der Waals surface area (Å²) in [7, 11) is 0. The molecule has 0 aliphatic carbocycles. The van der Waals surface area contributed by atoms with Crippen LogP contribution in [0.4, 0.5) is 5.00 Å². The maximum absolute atomic E-state index is 10.2. The van der Waals surface area contributed by atoms with E-state index in [4.69, 9.17) is 0 Å². The van der Waals surface area contributed by atoms with Crippen molar-refractivity contribution in [3.63, 3.8) is 0 Å². The Morgan fingerprint density at radius 3 is 2.92 bits per heavy atom. The van der Waals surface area contributed by atoms with Gasteiger partial charge in [-0.25, -0.2) is 0 Å². The Bertz CT molecular complexity index is 295. The van der Waals surface area contributed by atoms with Crippen LogP contribution in [-0.4, -0.2) is 11.4 Å². The van der Waals surface area contributed by atoms with E-state index in [0.29, 0.717) is 11.3 Å². The Morgan fingerprint density at radius 2 is 2.42 bits per heavy atom. The Morgan fingerprint density at radius 1 is 1.67 bits per heavy atom. The number of hydrogen-bond donors (Lipinski definition) is 0. The topological polar surface area (TPSA) is 69.4 Å². The maximum Gasteiger partial charge on any atom is 0.324 e. The summed E-state index contributed by atoms with van der Waals surface area (Å²) < 4.78 is 4.42. The van der Waals surface area contributed by atoms with Crippen molar-refractivity contribution in [1.29, 1.82) is 0 Å². The number of nitro groups is 1. The van der Waals surface area contributed by atoms with Crippen LogP contribution >= 0.6 is 11.3 Å². The number of ether oxygens (including phenoxy) is 1. The molecule has 0 saturated heterocycles. The van der Waals surface area contributed by atoms with Crippen LogP contribution in [0.2, 0.25) is 0 Å². The quantitative estimate of drug-likeness (QED) is 0.405. The van der Waals surface area contributed by atoms with Gasteiger partial charge in [0.25, 0.3) is 6.47 Å². The molecule has 0 N–H and O–H groups in total.